The maximum atomic E-state index is 14.7. The molecule has 0 bridgehead atoms. The van der Waals surface area contributed by atoms with Gasteiger partial charge in [0.25, 0.3) is 5.91 Å². The van der Waals surface area contributed by atoms with Crippen molar-refractivity contribution in [2.75, 3.05) is 37.4 Å². The molecule has 1 fully saturated rings. The molecule has 1 saturated heterocycles. The number of amides is 1. The molecule has 1 aliphatic heterocycles. The van der Waals surface area contributed by atoms with Crippen molar-refractivity contribution >= 4 is 38.1 Å². The summed E-state index contributed by atoms with van der Waals surface area (Å²) < 4.78 is 40.6. The maximum absolute atomic E-state index is 14.7. The molecule has 0 unspecified atom stereocenters. The summed E-state index contributed by atoms with van der Waals surface area (Å²) in [5.41, 5.74) is 1.33. The Hall–Kier alpha value is -2.04. The monoisotopic (exact) mass is 426 g/mol. The van der Waals surface area contributed by atoms with Gasteiger partial charge in [-0.3, -0.25) is 10.1 Å². The van der Waals surface area contributed by atoms with Gasteiger partial charge in [-0.05, 0) is 38.8 Å². The fourth-order valence-corrected chi connectivity index (χ4v) is 4.80. The second kappa shape index (κ2) is 7.76. The molecule has 0 spiro atoms. The topological polar surface area (TPSA) is 82.6 Å². The second-order valence-corrected chi connectivity index (χ2v) is 10.2. The van der Waals surface area contributed by atoms with Crippen molar-refractivity contribution in [3.05, 3.63) is 34.1 Å². The Bertz CT molecular complexity index is 993. The Morgan fingerprint density at radius 1 is 1.25 bits per heavy atom. The van der Waals surface area contributed by atoms with Crippen molar-refractivity contribution in [3.63, 3.8) is 0 Å². The molecule has 152 valence electrons. The number of sulfonamides is 1. The zero-order valence-corrected chi connectivity index (χ0v) is 17.9. The van der Waals surface area contributed by atoms with E-state index in [0.717, 1.165) is 39.9 Å². The first-order valence-electron chi connectivity index (χ1n) is 8.87. The minimum atomic E-state index is -4.03. The van der Waals surface area contributed by atoms with Crippen LogP contribution in [0.2, 0.25) is 0 Å². The molecule has 1 aromatic heterocycles. The van der Waals surface area contributed by atoms with E-state index in [1.165, 1.54) is 25.4 Å². The number of thiazole rings is 1. The quantitative estimate of drug-likeness (QED) is 0.795. The summed E-state index contributed by atoms with van der Waals surface area (Å²) in [6.07, 6.45) is 1.87. The number of rotatable bonds is 5. The number of aromatic nitrogens is 1. The van der Waals surface area contributed by atoms with Gasteiger partial charge in [0.1, 0.15) is 10.7 Å². The van der Waals surface area contributed by atoms with Crippen molar-refractivity contribution in [2.45, 2.75) is 31.6 Å². The van der Waals surface area contributed by atoms with Gasteiger partial charge in [0.2, 0.25) is 10.0 Å². The third-order valence-electron chi connectivity index (χ3n) is 4.75. The molecule has 0 saturated carbocycles. The highest BCUT2D eigenvalue weighted by molar-refractivity contribution is 7.89. The van der Waals surface area contributed by atoms with Crippen LogP contribution in [0.25, 0.3) is 0 Å². The summed E-state index contributed by atoms with van der Waals surface area (Å²) in [6.45, 7) is 5.12. The molecule has 1 aliphatic rings. The standard InChI is InChI=1S/C18H23FN4O3S2/c1-11-12(2)27-18(20-11)21-17(24)13-9-16(28(25,26)22(3)4)14(19)10-15(13)23-7-5-6-8-23/h9-10H,5-8H2,1-4H3,(H,20,21,24). The van der Waals surface area contributed by atoms with Gasteiger partial charge in [0, 0.05) is 32.1 Å². The van der Waals surface area contributed by atoms with Gasteiger partial charge >= 0.3 is 0 Å². The van der Waals surface area contributed by atoms with Crippen LogP contribution in [0, 0.1) is 19.7 Å². The Morgan fingerprint density at radius 2 is 1.89 bits per heavy atom. The van der Waals surface area contributed by atoms with E-state index in [9.17, 15) is 17.6 Å². The molecular weight excluding hydrogens is 403 g/mol. The molecule has 0 aliphatic carbocycles. The Morgan fingerprint density at radius 3 is 2.43 bits per heavy atom. The smallest absolute Gasteiger partial charge is 0.259 e. The molecule has 2 heterocycles. The third kappa shape index (κ3) is 3.89. The molecule has 2 aromatic rings. The van der Waals surface area contributed by atoms with Gasteiger partial charge in [-0.2, -0.15) is 0 Å². The van der Waals surface area contributed by atoms with Gasteiger partial charge in [0.15, 0.2) is 5.13 Å². The summed E-state index contributed by atoms with van der Waals surface area (Å²) in [5.74, 6) is -1.38. The zero-order chi connectivity index (χ0) is 20.6. The van der Waals surface area contributed by atoms with Crippen molar-refractivity contribution in [1.29, 1.82) is 0 Å². The lowest BCUT2D eigenvalue weighted by Gasteiger charge is -2.22. The van der Waals surface area contributed by atoms with Crippen LogP contribution in [0.1, 0.15) is 33.8 Å². The van der Waals surface area contributed by atoms with Crippen molar-refractivity contribution < 1.29 is 17.6 Å². The molecule has 7 nitrogen and oxygen atoms in total. The number of halogens is 1. The minimum Gasteiger partial charge on any atom is -0.371 e. The number of carbonyl (C=O) groups is 1. The number of hydrogen-bond acceptors (Lipinski definition) is 6. The van der Waals surface area contributed by atoms with Crippen LogP contribution in [0.15, 0.2) is 17.0 Å². The average Bonchev–Trinajstić information content (AvgIpc) is 3.24. The summed E-state index contributed by atoms with van der Waals surface area (Å²) in [4.78, 5) is 19.6. The number of carbonyl (C=O) groups excluding carboxylic acids is 1. The highest BCUT2D eigenvalue weighted by Gasteiger charge is 2.28. The molecule has 0 atom stereocenters. The van der Waals surface area contributed by atoms with Crippen LogP contribution in [0.4, 0.5) is 15.2 Å². The largest absolute Gasteiger partial charge is 0.371 e. The summed E-state index contributed by atoms with van der Waals surface area (Å²) in [5, 5.41) is 3.15. The molecule has 1 N–H and O–H groups in total. The van der Waals surface area contributed by atoms with Crippen LogP contribution in [0.5, 0.6) is 0 Å². The molecule has 0 radical (unpaired) electrons. The van der Waals surface area contributed by atoms with Crippen LogP contribution in [-0.4, -0.2) is 50.8 Å². The first-order valence-corrected chi connectivity index (χ1v) is 11.1. The van der Waals surface area contributed by atoms with Crippen LogP contribution in [-0.2, 0) is 10.0 Å². The van der Waals surface area contributed by atoms with Crippen LogP contribution < -0.4 is 10.2 Å². The van der Waals surface area contributed by atoms with Crippen LogP contribution in [0.3, 0.4) is 0 Å². The number of benzene rings is 1. The molecule has 1 aromatic carbocycles. The van der Waals surface area contributed by atoms with Crippen molar-refractivity contribution in [1.82, 2.24) is 9.29 Å². The molecular formula is C18H23FN4O3S2. The minimum absolute atomic E-state index is 0.120. The first kappa shape index (κ1) is 20.7. The van der Waals surface area contributed by atoms with Crippen molar-refractivity contribution in [3.8, 4) is 0 Å². The number of aryl methyl sites for hydroxylation is 2. The highest BCUT2D eigenvalue weighted by atomic mass is 32.2. The lowest BCUT2D eigenvalue weighted by atomic mass is 10.1. The van der Waals surface area contributed by atoms with Crippen LogP contribution >= 0.6 is 11.3 Å². The molecule has 28 heavy (non-hydrogen) atoms. The number of nitrogens with one attached hydrogen (secondary N) is 1. The number of hydrogen-bond donors (Lipinski definition) is 1. The van der Waals surface area contributed by atoms with Gasteiger partial charge < -0.3 is 4.90 Å². The van der Waals surface area contributed by atoms with E-state index < -0.39 is 26.6 Å². The lowest BCUT2D eigenvalue weighted by Crippen LogP contribution is -2.27. The van der Waals surface area contributed by atoms with E-state index in [0.29, 0.717) is 23.9 Å². The van der Waals surface area contributed by atoms with Crippen molar-refractivity contribution in [2.24, 2.45) is 0 Å². The van der Waals surface area contributed by atoms with Gasteiger partial charge in [-0.1, -0.05) is 0 Å². The normalized spacial score (nSPS) is 14.7. The fraction of sp³-hybridized carbons (Fsp3) is 0.444. The lowest BCUT2D eigenvalue weighted by molar-refractivity contribution is 0.102. The average molecular weight is 427 g/mol. The van der Waals surface area contributed by atoms with E-state index in [4.69, 9.17) is 0 Å². The van der Waals surface area contributed by atoms with Gasteiger partial charge in [-0.15, -0.1) is 11.3 Å². The SMILES string of the molecule is Cc1nc(NC(=O)c2cc(S(=O)(=O)N(C)C)c(F)cc2N2CCCC2)sc1C. The fourth-order valence-electron chi connectivity index (χ4n) is 3.03. The van der Waals surface area contributed by atoms with E-state index in [-0.39, 0.29) is 5.56 Å². The van der Waals surface area contributed by atoms with E-state index in [1.807, 2.05) is 18.7 Å². The van der Waals surface area contributed by atoms with E-state index in [2.05, 4.69) is 10.3 Å². The molecule has 10 heteroatoms. The maximum Gasteiger partial charge on any atom is 0.259 e. The predicted molar refractivity (Wildman–Crippen MR) is 108 cm³/mol. The summed E-state index contributed by atoms with van der Waals surface area (Å²) in [7, 11) is -1.39. The second-order valence-electron chi connectivity index (χ2n) is 6.90. The number of anilines is 2. The van der Waals surface area contributed by atoms with Gasteiger partial charge in [0.05, 0.1) is 16.9 Å². The third-order valence-corrected chi connectivity index (χ3v) is 7.57. The Balaban J connectivity index is 2.08. The highest BCUT2D eigenvalue weighted by Crippen LogP contribution is 2.31. The Kier molecular flexibility index (Phi) is 5.74. The first-order chi connectivity index (χ1) is 13.1. The van der Waals surface area contributed by atoms with E-state index in [1.54, 1.807) is 0 Å². The molecule has 3 rings (SSSR count). The van der Waals surface area contributed by atoms with Gasteiger partial charge in [-0.25, -0.2) is 22.1 Å². The predicted octanol–water partition coefficient (Wildman–Crippen LogP) is 3.00. The molecule has 1 amide bonds. The zero-order valence-electron chi connectivity index (χ0n) is 16.2. The Labute approximate surface area is 168 Å². The van der Waals surface area contributed by atoms with E-state index >= 15 is 0 Å². The summed E-state index contributed by atoms with van der Waals surface area (Å²) in [6, 6.07) is 2.27. The summed E-state index contributed by atoms with van der Waals surface area (Å²) >= 11 is 1.34. The number of nitrogens with zero attached hydrogens (tertiary/aromatic N) is 3.